The first kappa shape index (κ1) is 15.9. The number of phenolic OH excluding ortho intramolecular Hbond substituents is 1. The molecule has 3 N–H and O–H groups in total. The van der Waals surface area contributed by atoms with E-state index in [9.17, 15) is 15.3 Å². The summed E-state index contributed by atoms with van der Waals surface area (Å²) in [5.74, 6) is 0.686. The molecule has 2 aromatic carbocycles. The van der Waals surface area contributed by atoms with Gasteiger partial charge in [0.25, 0.3) is 0 Å². The molecule has 3 nitrogen and oxygen atoms in total. The Kier molecular flexibility index (Phi) is 3.63. The third-order valence-electron chi connectivity index (χ3n) is 6.85. The van der Waals surface area contributed by atoms with Crippen molar-refractivity contribution >= 4 is 10.8 Å². The second-order valence-electron chi connectivity index (χ2n) is 7.91. The number of fused-ring (bicyclic) bond motifs is 5. The summed E-state index contributed by atoms with van der Waals surface area (Å²) in [6, 6.07) is 9.93. The van der Waals surface area contributed by atoms with Crippen LogP contribution in [0.15, 0.2) is 30.3 Å². The van der Waals surface area contributed by atoms with Crippen LogP contribution in [0.25, 0.3) is 10.8 Å². The van der Waals surface area contributed by atoms with Crippen molar-refractivity contribution in [3.63, 3.8) is 0 Å². The lowest BCUT2D eigenvalue weighted by Gasteiger charge is -2.47. The Morgan fingerprint density at radius 3 is 2.79 bits per heavy atom. The van der Waals surface area contributed by atoms with Crippen molar-refractivity contribution in [2.75, 3.05) is 6.61 Å². The van der Waals surface area contributed by atoms with E-state index in [2.05, 4.69) is 19.1 Å². The Hall–Kier alpha value is -1.58. The van der Waals surface area contributed by atoms with Crippen molar-refractivity contribution in [3.8, 4) is 5.75 Å². The fourth-order valence-electron chi connectivity index (χ4n) is 5.39. The molecule has 0 aliphatic heterocycles. The minimum absolute atomic E-state index is 0.111. The van der Waals surface area contributed by atoms with Gasteiger partial charge in [0.1, 0.15) is 5.75 Å². The van der Waals surface area contributed by atoms with Crippen LogP contribution >= 0.6 is 0 Å². The van der Waals surface area contributed by atoms with Crippen LogP contribution in [0, 0.1) is 5.41 Å². The van der Waals surface area contributed by atoms with Gasteiger partial charge in [0.05, 0.1) is 5.60 Å². The average molecular weight is 326 g/mol. The van der Waals surface area contributed by atoms with Crippen molar-refractivity contribution in [2.45, 2.75) is 57.0 Å². The normalized spacial score (nSPS) is 31.9. The highest BCUT2D eigenvalue weighted by Gasteiger charge is 2.57. The van der Waals surface area contributed by atoms with E-state index in [0.29, 0.717) is 24.5 Å². The summed E-state index contributed by atoms with van der Waals surface area (Å²) < 4.78 is 0. The Morgan fingerprint density at radius 2 is 2.00 bits per heavy atom. The van der Waals surface area contributed by atoms with Gasteiger partial charge in [-0.2, -0.15) is 0 Å². The number of rotatable bonds is 3. The van der Waals surface area contributed by atoms with Crippen LogP contribution in [0.3, 0.4) is 0 Å². The fraction of sp³-hybridized carbons (Fsp3) is 0.524. The van der Waals surface area contributed by atoms with Gasteiger partial charge in [0.15, 0.2) is 0 Å². The standard InChI is InChI=1S/C21H26O3/c1-20-10-7-17-16-6-4-15(23)13-14(16)3-5-18(17)19(20)8-11-21(20,24)9-2-12-22/h3-6,13,19,22-24H,2,7-12H2,1H3/t19-,20-,21-/m0/s1. The SMILES string of the molecule is C[C@]12CCc3c(ccc4cc(O)ccc34)[C@@H]1CC[C@@]2(O)CCCO. The second-order valence-corrected chi connectivity index (χ2v) is 7.91. The Labute approximate surface area is 142 Å². The topological polar surface area (TPSA) is 60.7 Å². The monoisotopic (exact) mass is 326 g/mol. The first-order valence-corrected chi connectivity index (χ1v) is 9.06. The molecule has 3 atom stereocenters. The molecule has 1 fully saturated rings. The van der Waals surface area contributed by atoms with E-state index >= 15 is 0 Å². The molecule has 4 rings (SSSR count). The quantitative estimate of drug-likeness (QED) is 0.802. The second kappa shape index (κ2) is 5.47. The Morgan fingerprint density at radius 1 is 1.17 bits per heavy atom. The predicted octanol–water partition coefficient (Wildman–Crippen LogP) is 3.88. The van der Waals surface area contributed by atoms with Crippen molar-refractivity contribution < 1.29 is 15.3 Å². The molecule has 3 heteroatoms. The average Bonchev–Trinajstić information content (AvgIpc) is 2.84. The summed E-state index contributed by atoms with van der Waals surface area (Å²) in [5.41, 5.74) is 1.99. The third-order valence-corrected chi connectivity index (χ3v) is 6.85. The van der Waals surface area contributed by atoms with Gasteiger partial charge in [-0.15, -0.1) is 0 Å². The Balaban J connectivity index is 1.79. The minimum atomic E-state index is -0.665. The summed E-state index contributed by atoms with van der Waals surface area (Å²) in [5, 5.41) is 32.5. The largest absolute Gasteiger partial charge is 0.508 e. The molecule has 0 bridgehead atoms. The number of aliphatic hydroxyl groups is 2. The molecule has 24 heavy (non-hydrogen) atoms. The van der Waals surface area contributed by atoms with Crippen LogP contribution in [0.4, 0.5) is 0 Å². The van der Waals surface area contributed by atoms with E-state index < -0.39 is 5.60 Å². The van der Waals surface area contributed by atoms with Gasteiger partial charge < -0.3 is 15.3 Å². The predicted molar refractivity (Wildman–Crippen MR) is 95.3 cm³/mol. The molecular weight excluding hydrogens is 300 g/mol. The van der Waals surface area contributed by atoms with Crippen LogP contribution in [-0.2, 0) is 6.42 Å². The molecule has 2 aromatic rings. The van der Waals surface area contributed by atoms with Crippen molar-refractivity contribution in [2.24, 2.45) is 5.41 Å². The number of hydrogen-bond donors (Lipinski definition) is 3. The Bertz CT molecular complexity index is 784. The number of aryl methyl sites for hydroxylation is 1. The number of benzene rings is 2. The first-order valence-electron chi connectivity index (χ1n) is 9.06. The van der Waals surface area contributed by atoms with E-state index in [1.807, 2.05) is 12.1 Å². The van der Waals surface area contributed by atoms with Crippen LogP contribution in [0.2, 0.25) is 0 Å². The smallest absolute Gasteiger partial charge is 0.116 e. The van der Waals surface area contributed by atoms with Crippen LogP contribution in [0.5, 0.6) is 5.75 Å². The van der Waals surface area contributed by atoms with Gasteiger partial charge in [-0.3, -0.25) is 0 Å². The van der Waals surface area contributed by atoms with Crippen molar-refractivity contribution in [1.82, 2.24) is 0 Å². The van der Waals surface area contributed by atoms with Gasteiger partial charge in [-0.25, -0.2) is 0 Å². The number of phenols is 1. The van der Waals surface area contributed by atoms with Crippen LogP contribution in [-0.4, -0.2) is 27.5 Å². The van der Waals surface area contributed by atoms with Crippen molar-refractivity contribution in [3.05, 3.63) is 41.5 Å². The molecule has 0 radical (unpaired) electrons. The van der Waals surface area contributed by atoms with Crippen LogP contribution < -0.4 is 0 Å². The van der Waals surface area contributed by atoms with E-state index in [1.54, 1.807) is 6.07 Å². The lowest BCUT2D eigenvalue weighted by molar-refractivity contribution is -0.0745. The van der Waals surface area contributed by atoms with E-state index in [-0.39, 0.29) is 12.0 Å². The maximum Gasteiger partial charge on any atom is 0.116 e. The van der Waals surface area contributed by atoms with E-state index in [1.165, 1.54) is 16.5 Å². The molecule has 0 saturated heterocycles. The van der Waals surface area contributed by atoms with Gasteiger partial charge in [-0.1, -0.05) is 25.1 Å². The summed E-state index contributed by atoms with van der Waals surface area (Å²) in [4.78, 5) is 0. The third kappa shape index (κ3) is 2.11. The van der Waals surface area contributed by atoms with E-state index in [4.69, 9.17) is 0 Å². The highest BCUT2D eigenvalue weighted by molar-refractivity contribution is 5.88. The first-order chi connectivity index (χ1) is 11.5. The van der Waals surface area contributed by atoms with Gasteiger partial charge in [0, 0.05) is 12.0 Å². The number of aromatic hydroxyl groups is 1. The van der Waals surface area contributed by atoms with E-state index in [0.717, 1.165) is 31.1 Å². The molecule has 0 heterocycles. The molecule has 0 spiro atoms. The molecule has 0 amide bonds. The van der Waals surface area contributed by atoms with Crippen molar-refractivity contribution in [1.29, 1.82) is 0 Å². The highest BCUT2D eigenvalue weighted by Crippen LogP contribution is 2.62. The molecule has 0 unspecified atom stereocenters. The number of aliphatic hydroxyl groups excluding tert-OH is 1. The highest BCUT2D eigenvalue weighted by atomic mass is 16.3. The molecule has 2 aliphatic carbocycles. The lowest BCUT2D eigenvalue weighted by atomic mass is 9.60. The van der Waals surface area contributed by atoms with Gasteiger partial charge >= 0.3 is 0 Å². The van der Waals surface area contributed by atoms with Gasteiger partial charge in [0.2, 0.25) is 0 Å². The molecule has 128 valence electrons. The summed E-state index contributed by atoms with van der Waals surface area (Å²) in [7, 11) is 0. The fourth-order valence-corrected chi connectivity index (χ4v) is 5.39. The molecule has 0 aromatic heterocycles. The molecule has 2 aliphatic rings. The molecule has 1 saturated carbocycles. The zero-order valence-corrected chi connectivity index (χ0v) is 14.3. The maximum absolute atomic E-state index is 11.3. The summed E-state index contributed by atoms with van der Waals surface area (Å²) >= 11 is 0. The summed E-state index contributed by atoms with van der Waals surface area (Å²) in [6.07, 6.45) is 5.13. The maximum atomic E-state index is 11.3. The summed E-state index contributed by atoms with van der Waals surface area (Å²) in [6.45, 7) is 2.39. The van der Waals surface area contributed by atoms with Crippen LogP contribution in [0.1, 0.15) is 56.1 Å². The lowest BCUT2D eigenvalue weighted by Crippen LogP contribution is -2.46. The minimum Gasteiger partial charge on any atom is -0.508 e. The zero-order valence-electron chi connectivity index (χ0n) is 14.3. The number of hydrogen-bond acceptors (Lipinski definition) is 3. The zero-order chi connectivity index (χ0) is 16.9. The van der Waals surface area contributed by atoms with Gasteiger partial charge in [-0.05, 0) is 78.5 Å². The molecular formula is C21H26O3.